The second kappa shape index (κ2) is 21.2. The van der Waals surface area contributed by atoms with Crippen molar-refractivity contribution in [3.8, 4) is 0 Å². The van der Waals surface area contributed by atoms with Gasteiger partial charge in [-0.05, 0) is 24.8 Å². The predicted molar refractivity (Wildman–Crippen MR) is 156 cm³/mol. The van der Waals surface area contributed by atoms with Crippen molar-refractivity contribution in [3.05, 3.63) is 35.9 Å². The highest BCUT2D eigenvalue weighted by atomic mass is 31.2. The summed E-state index contributed by atoms with van der Waals surface area (Å²) < 4.78 is 58.5. The number of rotatable bonds is 22. The van der Waals surface area contributed by atoms with Crippen LogP contribution in [0.4, 0.5) is 4.79 Å². The van der Waals surface area contributed by atoms with E-state index < -0.39 is 44.6 Å². The zero-order valence-corrected chi connectivity index (χ0v) is 26.3. The fourth-order valence-electron chi connectivity index (χ4n) is 4.15. The van der Waals surface area contributed by atoms with Crippen molar-refractivity contribution >= 4 is 13.9 Å². The van der Waals surface area contributed by atoms with Crippen LogP contribution < -0.4 is 5.32 Å². The number of unbranched alkanes of at least 4 members (excludes halogenated alkanes) is 3. The minimum absolute atomic E-state index is 0.0555. The molecule has 13 heteroatoms. The van der Waals surface area contributed by atoms with E-state index in [-0.39, 0.29) is 26.4 Å². The normalized spacial score (nSPS) is 23.8. The second-order valence-corrected chi connectivity index (χ2v) is 11.4. The SMILES string of the molecule is CCCCOC1[C@H](OCCCC)C(COP(=O)(O)OCCNC(=O)OCc2ccccc2)O[C@H](OC)[C@@H]1OCCCC. The van der Waals surface area contributed by atoms with E-state index in [0.29, 0.717) is 19.8 Å². The summed E-state index contributed by atoms with van der Waals surface area (Å²) in [7, 11) is -2.98. The van der Waals surface area contributed by atoms with Crippen LogP contribution in [0.25, 0.3) is 0 Å². The van der Waals surface area contributed by atoms with E-state index in [1.54, 1.807) is 0 Å². The number of benzene rings is 1. The Morgan fingerprint density at radius 3 is 2.07 bits per heavy atom. The Hall–Kier alpha value is -1.60. The van der Waals surface area contributed by atoms with Crippen LogP contribution in [0.15, 0.2) is 30.3 Å². The van der Waals surface area contributed by atoms with Gasteiger partial charge in [-0.15, -0.1) is 0 Å². The Kier molecular flexibility index (Phi) is 18.4. The van der Waals surface area contributed by atoms with Gasteiger partial charge in [0.1, 0.15) is 31.0 Å². The third kappa shape index (κ3) is 13.8. The first-order chi connectivity index (χ1) is 20.3. The Balaban J connectivity index is 1.95. The van der Waals surface area contributed by atoms with Gasteiger partial charge in [-0.1, -0.05) is 70.4 Å². The van der Waals surface area contributed by atoms with E-state index in [1.165, 1.54) is 7.11 Å². The summed E-state index contributed by atoms with van der Waals surface area (Å²) in [6.45, 7) is 7.14. The van der Waals surface area contributed by atoms with Crippen molar-refractivity contribution in [2.45, 2.75) is 96.6 Å². The summed E-state index contributed by atoms with van der Waals surface area (Å²) in [5, 5.41) is 2.47. The molecule has 42 heavy (non-hydrogen) atoms. The second-order valence-electron chi connectivity index (χ2n) is 9.93. The van der Waals surface area contributed by atoms with Crippen molar-refractivity contribution in [1.82, 2.24) is 5.32 Å². The summed E-state index contributed by atoms with van der Waals surface area (Å²) in [6, 6.07) is 9.22. The molecule has 6 atom stereocenters. The molecule has 1 aromatic rings. The average Bonchev–Trinajstić information content (AvgIpc) is 2.99. The zero-order valence-electron chi connectivity index (χ0n) is 25.4. The molecule has 2 rings (SSSR count). The number of carbonyl (C=O) groups excluding carboxylic acids is 1. The number of nitrogens with one attached hydrogen (secondary N) is 1. The van der Waals surface area contributed by atoms with Crippen LogP contribution in [-0.4, -0.2) is 88.4 Å². The molecule has 1 aliphatic rings. The van der Waals surface area contributed by atoms with Crippen molar-refractivity contribution < 1.29 is 51.7 Å². The molecule has 1 saturated heterocycles. The standard InChI is InChI=1S/C29H50NO11P/c1-5-8-17-35-25-24(41-28(34-4)27(37-19-10-7-3)26(25)36-18-9-6-2)22-40-42(32,33)39-20-16-30-29(31)38-21-23-14-12-11-13-15-23/h11-15,24-28H,5-10,16-22H2,1-4H3,(H,30,31)(H,32,33)/t24?,25-,26?,27-,28+/m1/s1. The molecule has 12 nitrogen and oxygen atoms in total. The molecular weight excluding hydrogens is 569 g/mol. The van der Waals surface area contributed by atoms with E-state index in [2.05, 4.69) is 26.1 Å². The Morgan fingerprint density at radius 2 is 1.48 bits per heavy atom. The van der Waals surface area contributed by atoms with Gasteiger partial charge in [-0.3, -0.25) is 9.05 Å². The molecule has 0 saturated carbocycles. The molecule has 0 radical (unpaired) electrons. The summed E-state index contributed by atoms with van der Waals surface area (Å²) in [5.41, 5.74) is 0.839. The number of alkyl carbamates (subject to hydrolysis) is 1. The molecule has 242 valence electrons. The van der Waals surface area contributed by atoms with Crippen LogP contribution in [0.5, 0.6) is 0 Å². The number of hydrogen-bond acceptors (Lipinski definition) is 10. The minimum Gasteiger partial charge on any atom is -0.445 e. The average molecular weight is 620 g/mol. The predicted octanol–water partition coefficient (Wildman–Crippen LogP) is 4.97. The molecule has 2 N–H and O–H groups in total. The molecule has 1 heterocycles. The number of hydrogen-bond donors (Lipinski definition) is 2. The third-order valence-electron chi connectivity index (χ3n) is 6.49. The van der Waals surface area contributed by atoms with E-state index in [1.807, 2.05) is 30.3 Å². The molecule has 3 unspecified atom stereocenters. The van der Waals surface area contributed by atoms with Gasteiger partial charge >= 0.3 is 13.9 Å². The molecule has 0 aliphatic carbocycles. The number of phosphoric ester groups is 1. The van der Waals surface area contributed by atoms with Crippen LogP contribution in [0.1, 0.15) is 64.9 Å². The van der Waals surface area contributed by atoms with E-state index in [0.717, 1.165) is 44.1 Å². The van der Waals surface area contributed by atoms with Gasteiger partial charge in [0, 0.05) is 33.5 Å². The van der Waals surface area contributed by atoms with Gasteiger partial charge in [0.25, 0.3) is 0 Å². The smallest absolute Gasteiger partial charge is 0.445 e. The maximum Gasteiger partial charge on any atom is 0.472 e. The molecule has 1 aliphatic heterocycles. The summed E-state index contributed by atoms with van der Waals surface area (Å²) in [6.07, 6.45) is 1.42. The minimum atomic E-state index is -4.49. The molecular formula is C29H50NO11P. The lowest BCUT2D eigenvalue weighted by Gasteiger charge is -2.45. The summed E-state index contributed by atoms with van der Waals surface area (Å²) in [5.74, 6) is 0. The highest BCUT2D eigenvalue weighted by Crippen LogP contribution is 2.44. The Bertz CT molecular complexity index is 894. The highest BCUT2D eigenvalue weighted by Gasteiger charge is 2.49. The third-order valence-corrected chi connectivity index (χ3v) is 7.47. The summed E-state index contributed by atoms with van der Waals surface area (Å²) in [4.78, 5) is 22.2. The number of phosphoric acid groups is 1. The Morgan fingerprint density at radius 1 is 0.881 bits per heavy atom. The molecule has 0 spiro atoms. The van der Waals surface area contributed by atoms with Crippen molar-refractivity contribution in [2.24, 2.45) is 0 Å². The largest absolute Gasteiger partial charge is 0.472 e. The monoisotopic (exact) mass is 619 g/mol. The van der Waals surface area contributed by atoms with E-state index in [9.17, 15) is 14.3 Å². The first-order valence-corrected chi connectivity index (χ1v) is 16.4. The van der Waals surface area contributed by atoms with E-state index >= 15 is 0 Å². The summed E-state index contributed by atoms with van der Waals surface area (Å²) >= 11 is 0. The number of carbonyl (C=O) groups is 1. The van der Waals surface area contributed by atoms with Crippen molar-refractivity contribution in [3.63, 3.8) is 0 Å². The van der Waals surface area contributed by atoms with Crippen LogP contribution in [0, 0.1) is 0 Å². The van der Waals surface area contributed by atoms with Crippen molar-refractivity contribution in [2.75, 3.05) is 46.7 Å². The first kappa shape index (κ1) is 36.6. The fraction of sp³-hybridized carbons (Fsp3) is 0.759. The van der Waals surface area contributed by atoms with E-state index in [4.69, 9.17) is 37.5 Å². The van der Waals surface area contributed by atoms with Gasteiger partial charge < -0.3 is 38.6 Å². The van der Waals surface area contributed by atoms with Gasteiger partial charge in [-0.25, -0.2) is 9.36 Å². The molecule has 0 bridgehead atoms. The Labute approximate surface area is 250 Å². The van der Waals surface area contributed by atoms with Crippen LogP contribution >= 0.6 is 7.82 Å². The highest BCUT2D eigenvalue weighted by molar-refractivity contribution is 7.47. The maximum absolute atomic E-state index is 12.6. The van der Waals surface area contributed by atoms with Gasteiger partial charge in [-0.2, -0.15) is 0 Å². The quantitative estimate of drug-likeness (QED) is 0.134. The topological polar surface area (TPSA) is 140 Å². The van der Waals surface area contributed by atoms with Crippen LogP contribution in [-0.2, 0) is 48.6 Å². The van der Waals surface area contributed by atoms with Gasteiger partial charge in [0.2, 0.25) is 0 Å². The number of methoxy groups -OCH3 is 1. The first-order valence-electron chi connectivity index (χ1n) is 14.9. The number of amides is 1. The lowest BCUT2D eigenvalue weighted by molar-refractivity contribution is -0.316. The maximum atomic E-state index is 12.6. The van der Waals surface area contributed by atoms with Crippen LogP contribution in [0.3, 0.4) is 0 Å². The molecule has 0 aromatic heterocycles. The van der Waals surface area contributed by atoms with Gasteiger partial charge in [0.05, 0.1) is 13.2 Å². The lowest BCUT2D eigenvalue weighted by atomic mass is 9.98. The van der Waals surface area contributed by atoms with Crippen LogP contribution in [0.2, 0.25) is 0 Å². The molecule has 1 aromatic carbocycles. The number of ether oxygens (including phenoxy) is 6. The van der Waals surface area contributed by atoms with Crippen molar-refractivity contribution in [1.29, 1.82) is 0 Å². The lowest BCUT2D eigenvalue weighted by Crippen LogP contribution is -2.61. The molecule has 1 fully saturated rings. The molecule has 1 amide bonds. The fourth-order valence-corrected chi connectivity index (χ4v) is 4.89. The van der Waals surface area contributed by atoms with Gasteiger partial charge in [0.15, 0.2) is 6.29 Å². The zero-order chi connectivity index (χ0) is 30.6.